The molecule has 19 heavy (non-hydrogen) atoms. The molecule has 0 N–H and O–H groups in total. The van der Waals surface area contributed by atoms with Crippen LogP contribution < -0.4 is 4.74 Å². The summed E-state index contributed by atoms with van der Waals surface area (Å²) in [6.07, 6.45) is 0. The van der Waals surface area contributed by atoms with Crippen molar-refractivity contribution < 1.29 is 13.5 Å². The lowest BCUT2D eigenvalue weighted by molar-refractivity contribution is 0.444. The van der Waals surface area contributed by atoms with Crippen LogP contribution in [0, 0.1) is 18.6 Å². The van der Waals surface area contributed by atoms with Gasteiger partial charge in [-0.25, -0.2) is 8.78 Å². The van der Waals surface area contributed by atoms with Gasteiger partial charge >= 0.3 is 0 Å². The average molecular weight is 325 g/mol. The Hall–Kier alpha value is -1.10. The van der Waals surface area contributed by atoms with Crippen molar-refractivity contribution in [1.29, 1.82) is 0 Å². The number of aromatic nitrogens is 1. The summed E-state index contributed by atoms with van der Waals surface area (Å²) in [7, 11) is 0. The Balaban J connectivity index is 2.42. The predicted octanol–water partition coefficient (Wildman–Crippen LogP) is 5.42. The number of halogens is 5. The van der Waals surface area contributed by atoms with Crippen LogP contribution in [-0.2, 0) is 0 Å². The zero-order valence-corrected chi connectivity index (χ0v) is 11.7. The van der Waals surface area contributed by atoms with E-state index in [9.17, 15) is 8.78 Å². The molecule has 2 rings (SSSR count). The van der Waals surface area contributed by atoms with E-state index in [1.165, 1.54) is 6.07 Å². The molecule has 2 nitrogen and oxygen atoms in total. The lowest BCUT2D eigenvalue weighted by Gasteiger charge is -2.10. The Morgan fingerprint density at radius 1 is 1.00 bits per heavy atom. The Morgan fingerprint density at radius 2 is 1.63 bits per heavy atom. The molecule has 0 aliphatic rings. The van der Waals surface area contributed by atoms with Crippen molar-refractivity contribution >= 4 is 34.8 Å². The number of benzene rings is 1. The number of hydrogen-bond acceptors (Lipinski definition) is 2. The van der Waals surface area contributed by atoms with Gasteiger partial charge in [0.05, 0.1) is 5.02 Å². The molecule has 0 fully saturated rings. The smallest absolute Gasteiger partial charge is 0.239 e. The molecule has 1 heterocycles. The highest BCUT2D eigenvalue weighted by atomic mass is 35.5. The third kappa shape index (κ3) is 3.08. The molecule has 1 aromatic heterocycles. The minimum atomic E-state index is -1.03. The van der Waals surface area contributed by atoms with Gasteiger partial charge in [0.15, 0.2) is 16.8 Å². The second-order valence-electron chi connectivity index (χ2n) is 3.68. The van der Waals surface area contributed by atoms with Gasteiger partial charge in [-0.15, -0.1) is 0 Å². The van der Waals surface area contributed by atoms with Crippen molar-refractivity contribution in [2.45, 2.75) is 6.92 Å². The van der Waals surface area contributed by atoms with Gasteiger partial charge in [0.2, 0.25) is 5.88 Å². The highest BCUT2D eigenvalue weighted by Crippen LogP contribution is 2.34. The summed E-state index contributed by atoms with van der Waals surface area (Å²) in [5.41, 5.74) is 0.392. The van der Waals surface area contributed by atoms with E-state index in [0.29, 0.717) is 5.56 Å². The minimum absolute atomic E-state index is 0.00121. The van der Waals surface area contributed by atoms with Gasteiger partial charge in [-0.05, 0) is 24.6 Å². The number of ether oxygens (including phenoxy) is 1. The number of pyridine rings is 1. The van der Waals surface area contributed by atoms with Crippen LogP contribution in [0.1, 0.15) is 5.56 Å². The molecule has 0 amide bonds. The highest BCUT2D eigenvalue weighted by Gasteiger charge is 2.13. The summed E-state index contributed by atoms with van der Waals surface area (Å²) in [6.45, 7) is 1.56. The monoisotopic (exact) mass is 323 g/mol. The molecule has 0 aliphatic heterocycles. The number of aryl methyl sites for hydroxylation is 1. The Labute approximate surface area is 122 Å². The fourth-order valence-corrected chi connectivity index (χ4v) is 1.87. The van der Waals surface area contributed by atoms with E-state index in [1.807, 2.05) is 0 Å². The summed E-state index contributed by atoms with van der Waals surface area (Å²) < 4.78 is 31.5. The fraction of sp³-hybridized carbons (Fsp3) is 0.0833. The molecular formula is C12H6Cl3F2NO. The molecule has 0 saturated carbocycles. The maximum atomic E-state index is 13.2. The zero-order chi connectivity index (χ0) is 14.2. The van der Waals surface area contributed by atoms with Crippen LogP contribution in [0.5, 0.6) is 11.6 Å². The average Bonchev–Trinajstić information content (AvgIpc) is 2.32. The standard InChI is InChI=1S/C12H6Cl3F2NO/c1-5-2-8(16)9(17)4-10(5)19-12-7(14)3-6(13)11(15)18-12/h2-4H,1H3. The third-order valence-corrected chi connectivity index (χ3v) is 3.22. The SMILES string of the molecule is Cc1cc(F)c(F)cc1Oc1nc(Cl)c(Cl)cc1Cl. The lowest BCUT2D eigenvalue weighted by Crippen LogP contribution is -1.95. The maximum absolute atomic E-state index is 13.2. The van der Waals surface area contributed by atoms with E-state index in [2.05, 4.69) is 4.98 Å². The molecule has 2 aromatic rings. The lowest BCUT2D eigenvalue weighted by atomic mass is 10.2. The first-order chi connectivity index (χ1) is 8.88. The largest absolute Gasteiger partial charge is 0.437 e. The quantitative estimate of drug-likeness (QED) is 0.688. The molecule has 0 atom stereocenters. The van der Waals surface area contributed by atoms with E-state index in [0.717, 1.165) is 12.1 Å². The van der Waals surface area contributed by atoms with Crippen molar-refractivity contribution in [2.24, 2.45) is 0 Å². The van der Waals surface area contributed by atoms with Crippen LogP contribution in [0.2, 0.25) is 15.2 Å². The van der Waals surface area contributed by atoms with E-state index in [-0.39, 0.29) is 26.8 Å². The van der Waals surface area contributed by atoms with Crippen LogP contribution in [0.4, 0.5) is 8.78 Å². The summed E-state index contributed by atoms with van der Waals surface area (Å²) in [6, 6.07) is 3.27. The predicted molar refractivity (Wildman–Crippen MR) is 70.4 cm³/mol. The van der Waals surface area contributed by atoms with Crippen molar-refractivity contribution in [1.82, 2.24) is 4.98 Å². The number of hydrogen-bond donors (Lipinski definition) is 0. The van der Waals surface area contributed by atoms with Gasteiger partial charge in [-0.3, -0.25) is 0 Å². The van der Waals surface area contributed by atoms with Crippen LogP contribution in [0.15, 0.2) is 18.2 Å². The van der Waals surface area contributed by atoms with E-state index in [4.69, 9.17) is 39.5 Å². The molecule has 0 bridgehead atoms. The van der Waals surface area contributed by atoms with Gasteiger partial charge in [-0.2, -0.15) is 4.98 Å². The molecule has 7 heteroatoms. The molecule has 0 saturated heterocycles. The van der Waals surface area contributed by atoms with Crippen LogP contribution in [0.25, 0.3) is 0 Å². The van der Waals surface area contributed by atoms with Crippen molar-refractivity contribution in [3.05, 3.63) is 50.6 Å². The zero-order valence-electron chi connectivity index (χ0n) is 9.48. The van der Waals surface area contributed by atoms with Crippen molar-refractivity contribution in [2.75, 3.05) is 0 Å². The molecule has 0 spiro atoms. The molecule has 100 valence electrons. The molecule has 0 radical (unpaired) electrons. The van der Waals surface area contributed by atoms with Crippen molar-refractivity contribution in [3.63, 3.8) is 0 Å². The van der Waals surface area contributed by atoms with Gasteiger partial charge < -0.3 is 4.74 Å². The first-order valence-corrected chi connectivity index (χ1v) is 6.17. The Bertz CT molecular complexity index is 594. The maximum Gasteiger partial charge on any atom is 0.239 e. The summed E-state index contributed by atoms with van der Waals surface area (Å²) in [4.78, 5) is 3.82. The fourth-order valence-electron chi connectivity index (χ4n) is 1.34. The van der Waals surface area contributed by atoms with Crippen LogP contribution in [-0.4, -0.2) is 4.98 Å². The van der Waals surface area contributed by atoms with Crippen molar-refractivity contribution in [3.8, 4) is 11.6 Å². The van der Waals surface area contributed by atoms with Gasteiger partial charge in [0.25, 0.3) is 0 Å². The molecule has 0 aliphatic carbocycles. The van der Waals surface area contributed by atoms with E-state index < -0.39 is 11.6 Å². The van der Waals surface area contributed by atoms with Crippen LogP contribution >= 0.6 is 34.8 Å². The molecule has 0 unspecified atom stereocenters. The van der Waals surface area contributed by atoms with Gasteiger partial charge in [0, 0.05) is 6.07 Å². The Kier molecular flexibility index (Phi) is 4.13. The second kappa shape index (κ2) is 5.49. The summed E-state index contributed by atoms with van der Waals surface area (Å²) >= 11 is 17.3. The Morgan fingerprint density at radius 3 is 2.32 bits per heavy atom. The first kappa shape index (κ1) is 14.3. The summed E-state index contributed by atoms with van der Waals surface area (Å²) in [5.74, 6) is -1.94. The second-order valence-corrected chi connectivity index (χ2v) is 4.85. The summed E-state index contributed by atoms with van der Waals surface area (Å²) in [5, 5.41) is 0.279. The van der Waals surface area contributed by atoms with Crippen LogP contribution in [0.3, 0.4) is 0 Å². The third-order valence-electron chi connectivity index (χ3n) is 2.28. The number of nitrogens with zero attached hydrogens (tertiary/aromatic N) is 1. The minimum Gasteiger partial charge on any atom is -0.437 e. The topological polar surface area (TPSA) is 22.1 Å². The highest BCUT2D eigenvalue weighted by molar-refractivity contribution is 6.42. The first-order valence-electron chi connectivity index (χ1n) is 5.03. The van der Waals surface area contributed by atoms with Gasteiger partial charge in [-0.1, -0.05) is 34.8 Å². The van der Waals surface area contributed by atoms with Gasteiger partial charge in [0.1, 0.15) is 10.8 Å². The molecular weight excluding hydrogens is 318 g/mol. The normalized spacial score (nSPS) is 10.6. The van der Waals surface area contributed by atoms with E-state index in [1.54, 1.807) is 6.92 Å². The van der Waals surface area contributed by atoms with E-state index >= 15 is 0 Å². The number of rotatable bonds is 2. The molecule has 1 aromatic carbocycles.